The molecule has 5 heteroatoms. The van der Waals surface area contributed by atoms with Crippen LogP contribution >= 0.6 is 0 Å². The fourth-order valence-corrected chi connectivity index (χ4v) is 3.31. The van der Waals surface area contributed by atoms with Crippen molar-refractivity contribution in [2.75, 3.05) is 25.0 Å². The summed E-state index contributed by atoms with van der Waals surface area (Å²) in [4.78, 5) is 27.0. The van der Waals surface area contributed by atoms with Crippen LogP contribution in [0, 0.1) is 11.3 Å². The quantitative estimate of drug-likeness (QED) is 0.831. The van der Waals surface area contributed by atoms with E-state index >= 15 is 0 Å². The molecular formula is C20H31N3O2. The van der Waals surface area contributed by atoms with Crippen molar-refractivity contribution in [1.29, 1.82) is 0 Å². The van der Waals surface area contributed by atoms with E-state index in [9.17, 15) is 9.59 Å². The van der Waals surface area contributed by atoms with Gasteiger partial charge in [0.1, 0.15) is 0 Å². The van der Waals surface area contributed by atoms with E-state index in [1.54, 1.807) is 24.3 Å². The molecule has 3 N–H and O–H groups in total. The summed E-state index contributed by atoms with van der Waals surface area (Å²) in [6, 6.07) is 7.17. The zero-order valence-corrected chi connectivity index (χ0v) is 15.7. The lowest BCUT2D eigenvalue weighted by atomic mass is 9.81. The molecule has 1 saturated heterocycles. The van der Waals surface area contributed by atoms with Gasteiger partial charge in [-0.25, -0.2) is 0 Å². The predicted molar refractivity (Wildman–Crippen MR) is 101 cm³/mol. The second-order valence-corrected chi connectivity index (χ2v) is 7.20. The fourth-order valence-electron chi connectivity index (χ4n) is 3.31. The minimum Gasteiger partial charge on any atom is -0.339 e. The number of hydrogen-bond donors (Lipinski definition) is 2. The van der Waals surface area contributed by atoms with Gasteiger partial charge in [-0.3, -0.25) is 9.59 Å². The van der Waals surface area contributed by atoms with Crippen molar-refractivity contribution in [1.82, 2.24) is 4.90 Å². The van der Waals surface area contributed by atoms with Crippen molar-refractivity contribution < 1.29 is 9.59 Å². The van der Waals surface area contributed by atoms with Gasteiger partial charge >= 0.3 is 0 Å². The standard InChI is InChI=1S/C20H31N3O2/c1-4-20(5-2,14-21)19(25)22-17-8-6-16(7-9-17)18(24)23-12-10-15(3)11-13-23/h6-9,15H,4-5,10-14,21H2,1-3H3,(H,22,25). The van der Waals surface area contributed by atoms with Crippen LogP contribution in [0.15, 0.2) is 24.3 Å². The Bertz CT molecular complexity index is 577. The molecule has 2 amide bonds. The Labute approximate surface area is 151 Å². The summed E-state index contributed by atoms with van der Waals surface area (Å²) in [7, 11) is 0. The van der Waals surface area contributed by atoms with Crippen LogP contribution < -0.4 is 11.1 Å². The van der Waals surface area contributed by atoms with Gasteiger partial charge in [0.05, 0.1) is 5.41 Å². The van der Waals surface area contributed by atoms with E-state index in [0.29, 0.717) is 36.6 Å². The monoisotopic (exact) mass is 345 g/mol. The Morgan fingerprint density at radius 1 is 1.16 bits per heavy atom. The van der Waals surface area contributed by atoms with E-state index in [0.717, 1.165) is 25.9 Å². The summed E-state index contributed by atoms with van der Waals surface area (Å²) in [6.07, 6.45) is 3.54. The zero-order valence-electron chi connectivity index (χ0n) is 15.7. The van der Waals surface area contributed by atoms with E-state index in [1.807, 2.05) is 18.7 Å². The van der Waals surface area contributed by atoms with Crippen LogP contribution in [0.1, 0.15) is 56.8 Å². The molecule has 0 saturated carbocycles. The molecule has 1 aliphatic heterocycles. The third kappa shape index (κ3) is 4.40. The molecule has 0 spiro atoms. The predicted octanol–water partition coefficient (Wildman–Crippen LogP) is 3.26. The number of likely N-dealkylation sites (tertiary alicyclic amines) is 1. The van der Waals surface area contributed by atoms with Gasteiger partial charge in [-0.05, 0) is 55.9 Å². The van der Waals surface area contributed by atoms with Crippen LogP contribution in [0.2, 0.25) is 0 Å². The van der Waals surface area contributed by atoms with Crippen molar-refractivity contribution in [2.24, 2.45) is 17.1 Å². The second kappa shape index (κ2) is 8.48. The lowest BCUT2D eigenvalue weighted by Crippen LogP contribution is -2.41. The minimum absolute atomic E-state index is 0.0518. The molecule has 0 bridgehead atoms. The number of amides is 2. The number of carbonyl (C=O) groups is 2. The van der Waals surface area contributed by atoms with Crippen LogP contribution in [0.3, 0.4) is 0 Å². The molecule has 138 valence electrons. The van der Waals surface area contributed by atoms with Crippen LogP contribution in [-0.4, -0.2) is 36.3 Å². The van der Waals surface area contributed by atoms with Crippen LogP contribution in [0.5, 0.6) is 0 Å². The highest BCUT2D eigenvalue weighted by Crippen LogP contribution is 2.27. The largest absolute Gasteiger partial charge is 0.339 e. The third-order valence-corrected chi connectivity index (χ3v) is 5.69. The minimum atomic E-state index is -0.529. The number of nitrogens with one attached hydrogen (secondary N) is 1. The van der Waals surface area contributed by atoms with Gasteiger partial charge in [0.2, 0.25) is 5.91 Å². The summed E-state index contributed by atoms with van der Waals surface area (Å²) < 4.78 is 0. The maximum Gasteiger partial charge on any atom is 0.253 e. The van der Waals surface area contributed by atoms with E-state index in [4.69, 9.17) is 5.73 Å². The number of benzene rings is 1. The van der Waals surface area contributed by atoms with Crippen molar-refractivity contribution in [3.63, 3.8) is 0 Å². The number of anilines is 1. The number of nitrogens with two attached hydrogens (primary N) is 1. The summed E-state index contributed by atoms with van der Waals surface area (Å²) in [5.74, 6) is 0.717. The van der Waals surface area contributed by atoms with E-state index in [-0.39, 0.29) is 11.8 Å². The first kappa shape index (κ1) is 19.4. The zero-order chi connectivity index (χ0) is 18.4. The Morgan fingerprint density at radius 3 is 2.20 bits per heavy atom. The molecule has 0 aliphatic carbocycles. The molecule has 0 atom stereocenters. The first-order valence-corrected chi connectivity index (χ1v) is 9.36. The number of piperidine rings is 1. The van der Waals surface area contributed by atoms with Gasteiger partial charge in [-0.15, -0.1) is 0 Å². The molecule has 1 heterocycles. The molecule has 0 aromatic heterocycles. The van der Waals surface area contributed by atoms with Gasteiger partial charge in [0.25, 0.3) is 5.91 Å². The number of carbonyl (C=O) groups excluding carboxylic acids is 2. The Kier molecular flexibility index (Phi) is 6.59. The summed E-state index contributed by atoms with van der Waals surface area (Å²) in [5.41, 5.74) is 6.67. The van der Waals surface area contributed by atoms with Gasteiger partial charge in [0.15, 0.2) is 0 Å². The average molecular weight is 345 g/mol. The first-order valence-electron chi connectivity index (χ1n) is 9.36. The molecular weight excluding hydrogens is 314 g/mol. The van der Waals surface area contributed by atoms with Gasteiger partial charge < -0.3 is 16.0 Å². The van der Waals surface area contributed by atoms with Crippen molar-refractivity contribution >= 4 is 17.5 Å². The summed E-state index contributed by atoms with van der Waals surface area (Å²) in [5, 5.41) is 2.94. The Balaban J connectivity index is 2.02. The molecule has 1 aromatic rings. The smallest absolute Gasteiger partial charge is 0.253 e. The molecule has 0 unspecified atom stereocenters. The van der Waals surface area contributed by atoms with Gasteiger partial charge in [-0.1, -0.05) is 20.8 Å². The van der Waals surface area contributed by atoms with Crippen molar-refractivity contribution in [2.45, 2.75) is 46.5 Å². The normalized spacial score (nSPS) is 15.9. The lowest BCUT2D eigenvalue weighted by molar-refractivity contribution is -0.125. The highest BCUT2D eigenvalue weighted by Gasteiger charge is 2.33. The highest BCUT2D eigenvalue weighted by molar-refractivity contribution is 5.97. The maximum atomic E-state index is 12.6. The Hall–Kier alpha value is -1.88. The van der Waals surface area contributed by atoms with E-state index in [2.05, 4.69) is 12.2 Å². The molecule has 5 nitrogen and oxygen atoms in total. The maximum absolute atomic E-state index is 12.6. The van der Waals surface area contributed by atoms with Gasteiger partial charge in [-0.2, -0.15) is 0 Å². The third-order valence-electron chi connectivity index (χ3n) is 5.69. The topological polar surface area (TPSA) is 75.4 Å². The average Bonchev–Trinajstić information content (AvgIpc) is 2.64. The van der Waals surface area contributed by atoms with Crippen molar-refractivity contribution in [3.05, 3.63) is 29.8 Å². The number of hydrogen-bond acceptors (Lipinski definition) is 3. The summed E-state index contributed by atoms with van der Waals surface area (Å²) in [6.45, 7) is 8.17. The fraction of sp³-hybridized carbons (Fsp3) is 0.600. The first-order chi connectivity index (χ1) is 12.0. The molecule has 25 heavy (non-hydrogen) atoms. The van der Waals surface area contributed by atoms with Gasteiger partial charge in [0, 0.05) is 30.9 Å². The van der Waals surface area contributed by atoms with Crippen LogP contribution in [0.25, 0.3) is 0 Å². The molecule has 2 rings (SSSR count). The summed E-state index contributed by atoms with van der Waals surface area (Å²) >= 11 is 0. The second-order valence-electron chi connectivity index (χ2n) is 7.20. The number of rotatable bonds is 6. The Morgan fingerprint density at radius 2 is 1.72 bits per heavy atom. The SMILES string of the molecule is CCC(CC)(CN)C(=O)Nc1ccc(C(=O)N2CCC(C)CC2)cc1. The number of nitrogens with zero attached hydrogens (tertiary/aromatic N) is 1. The molecule has 1 aliphatic rings. The molecule has 1 fully saturated rings. The molecule has 1 aromatic carbocycles. The van der Waals surface area contributed by atoms with E-state index in [1.165, 1.54) is 0 Å². The lowest BCUT2D eigenvalue weighted by Gasteiger charge is -2.30. The van der Waals surface area contributed by atoms with Crippen LogP contribution in [-0.2, 0) is 4.79 Å². The van der Waals surface area contributed by atoms with Crippen molar-refractivity contribution in [3.8, 4) is 0 Å². The molecule has 0 radical (unpaired) electrons. The van der Waals surface area contributed by atoms with Crippen LogP contribution in [0.4, 0.5) is 5.69 Å². The van der Waals surface area contributed by atoms with E-state index < -0.39 is 5.41 Å². The highest BCUT2D eigenvalue weighted by atomic mass is 16.2.